The van der Waals surface area contributed by atoms with Crippen molar-refractivity contribution in [2.45, 2.75) is 137 Å². The molecule has 422 valence electrons. The maximum atomic E-state index is 14.2. The van der Waals surface area contributed by atoms with Crippen LogP contribution in [-0.4, -0.2) is 104 Å². The number of rotatable bonds is 15. The Morgan fingerprint density at radius 1 is 0.848 bits per heavy atom. The smallest absolute Gasteiger partial charge is 0.411 e. The molecule has 0 aromatic heterocycles. The number of likely N-dealkylation sites (N-methyl/N-ethyl adjacent to an activating group) is 1. The van der Waals surface area contributed by atoms with Gasteiger partial charge in [0.1, 0.15) is 42.1 Å². The van der Waals surface area contributed by atoms with Gasteiger partial charge in [-0.2, -0.15) is 0 Å². The molecule has 17 nitrogen and oxygen atoms in total. The first-order valence-electron chi connectivity index (χ1n) is 26.9. The fourth-order valence-electron chi connectivity index (χ4n) is 10.1. The van der Waals surface area contributed by atoms with E-state index in [0.717, 1.165) is 33.4 Å². The maximum absolute atomic E-state index is 14.2. The van der Waals surface area contributed by atoms with Gasteiger partial charge in [-0.25, -0.2) is 9.59 Å². The van der Waals surface area contributed by atoms with Crippen molar-refractivity contribution in [3.63, 3.8) is 0 Å². The first kappa shape index (κ1) is 59.4. The van der Waals surface area contributed by atoms with E-state index in [1.807, 2.05) is 114 Å². The molecule has 6 amide bonds. The molecule has 0 saturated carbocycles. The summed E-state index contributed by atoms with van der Waals surface area (Å²) >= 11 is 6.40. The minimum absolute atomic E-state index is 0.0921. The number of carbonyl (C=O) groups excluding carboxylic acids is 7. The summed E-state index contributed by atoms with van der Waals surface area (Å²) < 4.78 is 23.9. The van der Waals surface area contributed by atoms with Gasteiger partial charge in [-0.15, -0.1) is 0 Å². The van der Waals surface area contributed by atoms with Crippen LogP contribution in [0.3, 0.4) is 0 Å². The molecule has 2 aliphatic heterocycles. The van der Waals surface area contributed by atoms with Crippen LogP contribution >= 0.6 is 11.6 Å². The molecule has 1 fully saturated rings. The molecule has 18 heteroatoms. The summed E-state index contributed by atoms with van der Waals surface area (Å²) in [6.07, 6.45) is 0.543. The number of esters is 1. The average molecular weight is 1100 g/mol. The van der Waals surface area contributed by atoms with E-state index in [4.69, 9.17) is 30.5 Å². The number of epoxide rings is 1. The third-order valence-electron chi connectivity index (χ3n) is 14.7. The van der Waals surface area contributed by atoms with Crippen molar-refractivity contribution in [2.24, 2.45) is 22.7 Å². The van der Waals surface area contributed by atoms with Gasteiger partial charge in [0.15, 0.2) is 6.10 Å². The molecule has 2 heterocycles. The Morgan fingerprint density at radius 2 is 1.48 bits per heavy atom. The predicted molar refractivity (Wildman–Crippen MR) is 299 cm³/mol. The van der Waals surface area contributed by atoms with Crippen molar-refractivity contribution in [1.82, 2.24) is 31.5 Å². The van der Waals surface area contributed by atoms with Crippen LogP contribution in [0, 0.1) is 22.7 Å². The van der Waals surface area contributed by atoms with Crippen molar-refractivity contribution >= 4 is 53.2 Å². The number of hydrogen-bond donors (Lipinski definition) is 5. The Kier molecular flexibility index (Phi) is 19.0. The van der Waals surface area contributed by atoms with Crippen molar-refractivity contribution in [2.75, 3.05) is 20.7 Å². The number of fused-ring (bicyclic) bond motifs is 3. The average Bonchev–Trinajstić information content (AvgIpc) is 4.23. The highest BCUT2D eigenvalue weighted by atomic mass is 35.5. The number of nitrogens with one attached hydrogen (secondary N) is 5. The number of ether oxygens (including phenoxy) is 4. The Labute approximate surface area is 468 Å². The molecule has 0 bridgehead atoms. The molecule has 5 N–H and O–H groups in total. The number of amides is 6. The van der Waals surface area contributed by atoms with E-state index in [9.17, 15) is 33.6 Å². The minimum Gasteiger partial charge on any atom is -0.495 e. The van der Waals surface area contributed by atoms with Gasteiger partial charge in [-0.05, 0) is 84.6 Å². The summed E-state index contributed by atoms with van der Waals surface area (Å²) in [5.41, 5.74) is 4.46. The zero-order valence-electron chi connectivity index (χ0n) is 46.9. The molecule has 7 rings (SSSR count). The molecule has 3 aliphatic rings. The van der Waals surface area contributed by atoms with Crippen LogP contribution in [0.2, 0.25) is 5.02 Å². The van der Waals surface area contributed by atoms with E-state index in [1.165, 1.54) is 25.1 Å². The number of cyclic esters (lactones) is 1. The van der Waals surface area contributed by atoms with Crippen molar-refractivity contribution in [3.8, 4) is 16.9 Å². The van der Waals surface area contributed by atoms with Crippen LogP contribution in [0.5, 0.6) is 5.75 Å². The molecule has 1 aliphatic carbocycles. The van der Waals surface area contributed by atoms with Crippen LogP contribution in [0.1, 0.15) is 115 Å². The first-order chi connectivity index (χ1) is 37.3. The largest absolute Gasteiger partial charge is 0.495 e. The lowest BCUT2D eigenvalue weighted by Gasteiger charge is -2.32. The maximum Gasteiger partial charge on any atom is 0.411 e. The molecule has 4 aromatic rings. The van der Waals surface area contributed by atoms with Gasteiger partial charge < -0.3 is 45.5 Å². The molecule has 1 saturated heterocycles. The van der Waals surface area contributed by atoms with Gasteiger partial charge >= 0.3 is 12.1 Å². The molecule has 79 heavy (non-hydrogen) atoms. The standard InChI is InChI=1S/C61H75ClN6O11/c1-34(2)50(68(10)59(75)79-53-42-19-14-12-17-40(42)41-18-13-15-20-43(41)53)56(72)65-36(4)54(70)63-32-37-23-26-39(27-24-37)52-51(78-52)35(3)47-21-16-22-49(69)66-45(30-38-25-28-48(76-11)44(62)29-38)55(71)64-33-61(8,9)58(74)67-46(57(73)77-47)31-60(5,6)7/h12-20,22-29,34-36,45-47,50-53H,21,30-33H2,1-11H3,(H,63,70)(H,64,71)(H,65,72)(H,66,69)(H,67,74)/b22-16-/t35-,36-,45+,46-,47-,50-,51+,52+/m0/s1. The Balaban J connectivity index is 0.972. The normalized spacial score (nSPS) is 22.1. The highest BCUT2D eigenvalue weighted by Gasteiger charge is 2.48. The zero-order chi connectivity index (χ0) is 57.5. The van der Waals surface area contributed by atoms with Crippen LogP contribution in [0.25, 0.3) is 11.1 Å². The number of carbonyl (C=O) groups is 7. The van der Waals surface area contributed by atoms with Gasteiger partial charge in [-0.1, -0.05) is 138 Å². The van der Waals surface area contributed by atoms with E-state index >= 15 is 0 Å². The van der Waals surface area contributed by atoms with Gasteiger partial charge in [0.05, 0.1) is 23.7 Å². The van der Waals surface area contributed by atoms with Crippen molar-refractivity contribution < 1.29 is 52.5 Å². The van der Waals surface area contributed by atoms with Crippen LogP contribution in [0.4, 0.5) is 4.79 Å². The lowest BCUT2D eigenvalue weighted by molar-refractivity contribution is -0.157. The van der Waals surface area contributed by atoms with Gasteiger partial charge in [0.2, 0.25) is 29.5 Å². The summed E-state index contributed by atoms with van der Waals surface area (Å²) in [7, 11) is 3.02. The van der Waals surface area contributed by atoms with Crippen LogP contribution < -0.4 is 31.3 Å². The van der Waals surface area contributed by atoms with E-state index in [2.05, 4.69) is 26.6 Å². The van der Waals surface area contributed by atoms with E-state index in [0.29, 0.717) is 16.3 Å². The fraction of sp³-hybridized carbons (Fsp3) is 0.459. The van der Waals surface area contributed by atoms with Crippen LogP contribution in [0.15, 0.2) is 103 Å². The Bertz CT molecular complexity index is 2890. The lowest BCUT2D eigenvalue weighted by atomic mass is 9.86. The number of benzene rings is 4. The van der Waals surface area contributed by atoms with Crippen molar-refractivity contribution in [1.29, 1.82) is 0 Å². The number of nitrogens with zero attached hydrogens (tertiary/aromatic N) is 1. The SMILES string of the molecule is COc1ccc(C[C@H]2NC(=O)/C=C\C[C@@H]([C@H](C)[C@H]3O[C@@H]3c3ccc(CNC(=O)[C@H](C)NC(=O)[C@H](C(C)C)N(C)C(=O)OC4c5ccccc5-c5ccccc54)cc3)OC(=O)[C@H](CC(C)(C)C)NC(=O)C(C)(C)CNC2=O)cc1Cl. The van der Waals surface area contributed by atoms with Crippen LogP contribution in [-0.2, 0) is 55.9 Å². The van der Waals surface area contributed by atoms with Gasteiger partial charge in [0, 0.05) is 50.0 Å². The summed E-state index contributed by atoms with van der Waals surface area (Å²) in [6.45, 7) is 16.4. The molecular formula is C61H75ClN6O11. The minimum atomic E-state index is -1.17. The Morgan fingerprint density at radius 3 is 2.09 bits per heavy atom. The molecular weight excluding hydrogens is 1030 g/mol. The second-order valence-corrected chi connectivity index (χ2v) is 23.5. The molecule has 0 radical (unpaired) electrons. The summed E-state index contributed by atoms with van der Waals surface area (Å²) in [5.74, 6) is -3.32. The quantitative estimate of drug-likeness (QED) is 0.0566. The fourth-order valence-corrected chi connectivity index (χ4v) is 10.4. The molecule has 8 atom stereocenters. The highest BCUT2D eigenvalue weighted by molar-refractivity contribution is 6.32. The number of halogens is 1. The molecule has 0 unspecified atom stereocenters. The lowest BCUT2D eigenvalue weighted by Crippen LogP contribution is -2.55. The highest BCUT2D eigenvalue weighted by Crippen LogP contribution is 2.46. The first-order valence-corrected chi connectivity index (χ1v) is 27.3. The summed E-state index contributed by atoms with van der Waals surface area (Å²) in [6, 6.07) is 24.2. The van der Waals surface area contributed by atoms with E-state index in [1.54, 1.807) is 45.0 Å². The number of methoxy groups -OCH3 is 1. The third kappa shape index (κ3) is 14.9. The topological polar surface area (TPSA) is 223 Å². The van der Waals surface area contributed by atoms with E-state index < -0.39 is 88.8 Å². The zero-order valence-corrected chi connectivity index (χ0v) is 47.7. The van der Waals surface area contributed by atoms with E-state index in [-0.39, 0.29) is 56.4 Å². The predicted octanol–water partition coefficient (Wildman–Crippen LogP) is 8.07. The summed E-state index contributed by atoms with van der Waals surface area (Å²) in [4.78, 5) is 97.5. The Hall–Kier alpha value is -7.24. The van der Waals surface area contributed by atoms with Gasteiger partial charge in [-0.3, -0.25) is 28.9 Å². The monoisotopic (exact) mass is 1100 g/mol. The number of hydrogen-bond acceptors (Lipinski definition) is 11. The summed E-state index contributed by atoms with van der Waals surface area (Å²) in [5, 5.41) is 14.6. The molecule has 4 aromatic carbocycles. The second-order valence-electron chi connectivity index (χ2n) is 23.0. The second kappa shape index (κ2) is 25.3. The van der Waals surface area contributed by atoms with Gasteiger partial charge in [0.25, 0.3) is 0 Å². The third-order valence-corrected chi connectivity index (χ3v) is 15.0. The molecule has 0 spiro atoms. The van der Waals surface area contributed by atoms with Crippen molar-refractivity contribution in [3.05, 3.63) is 136 Å².